The Morgan fingerprint density at radius 2 is 2.06 bits per heavy atom. The first-order valence-electron chi connectivity index (χ1n) is 6.64. The van der Waals surface area contributed by atoms with Crippen LogP contribution in [0.1, 0.15) is 46.5 Å². The van der Waals surface area contributed by atoms with Crippen molar-refractivity contribution >= 4 is 12.0 Å². The second-order valence-electron chi connectivity index (χ2n) is 6.13. The van der Waals surface area contributed by atoms with E-state index < -0.39 is 11.1 Å². The highest BCUT2D eigenvalue weighted by molar-refractivity contribution is 5.92. The fourth-order valence-corrected chi connectivity index (χ4v) is 2.78. The Bertz CT molecular complexity index is 362. The summed E-state index contributed by atoms with van der Waals surface area (Å²) in [4.78, 5) is 26.0. The quantitative estimate of drug-likeness (QED) is 0.715. The number of carbonyl (C=O) groups is 2. The van der Waals surface area contributed by atoms with Crippen molar-refractivity contribution in [3.05, 3.63) is 0 Å². The normalized spacial score (nSPS) is 28.4. The second kappa shape index (κ2) is 4.44. The van der Waals surface area contributed by atoms with Gasteiger partial charge in [0.05, 0.1) is 0 Å². The topological polar surface area (TPSA) is 58.6 Å². The summed E-state index contributed by atoms with van der Waals surface area (Å²) in [5.41, 5.74) is -1.18. The first-order chi connectivity index (χ1) is 8.35. The van der Waals surface area contributed by atoms with Gasteiger partial charge in [-0.3, -0.25) is 9.69 Å². The van der Waals surface area contributed by atoms with Crippen molar-refractivity contribution in [2.45, 2.75) is 57.6 Å². The van der Waals surface area contributed by atoms with Crippen LogP contribution in [0.3, 0.4) is 0 Å². The van der Waals surface area contributed by atoms with Gasteiger partial charge in [0, 0.05) is 13.1 Å². The van der Waals surface area contributed by atoms with Crippen LogP contribution in [0.2, 0.25) is 0 Å². The third-order valence-corrected chi connectivity index (χ3v) is 3.60. The molecular weight excluding hydrogens is 232 g/mol. The Balaban J connectivity index is 2.18. The van der Waals surface area contributed by atoms with Gasteiger partial charge in [0.25, 0.3) is 0 Å². The third-order valence-electron chi connectivity index (χ3n) is 3.60. The van der Waals surface area contributed by atoms with Gasteiger partial charge in [-0.15, -0.1) is 0 Å². The monoisotopic (exact) mass is 254 g/mol. The molecule has 2 fully saturated rings. The van der Waals surface area contributed by atoms with Gasteiger partial charge in [-0.05, 0) is 46.5 Å². The minimum atomic E-state index is -0.652. The van der Waals surface area contributed by atoms with Crippen LogP contribution in [-0.2, 0) is 9.53 Å². The van der Waals surface area contributed by atoms with Gasteiger partial charge in [0.15, 0.2) is 0 Å². The molecule has 2 saturated heterocycles. The Morgan fingerprint density at radius 1 is 1.33 bits per heavy atom. The maximum absolute atomic E-state index is 12.2. The van der Waals surface area contributed by atoms with Gasteiger partial charge in [-0.25, -0.2) is 4.79 Å². The molecule has 1 N–H and O–H groups in total. The molecule has 0 aromatic rings. The lowest BCUT2D eigenvalue weighted by Crippen LogP contribution is -2.59. The van der Waals surface area contributed by atoms with Crippen LogP contribution in [0.15, 0.2) is 0 Å². The van der Waals surface area contributed by atoms with Gasteiger partial charge in [-0.1, -0.05) is 0 Å². The van der Waals surface area contributed by atoms with Crippen molar-refractivity contribution in [2.24, 2.45) is 0 Å². The fraction of sp³-hybridized carbons (Fsp3) is 0.846. The lowest BCUT2D eigenvalue weighted by atomic mass is 9.85. The Kier molecular flexibility index (Phi) is 3.25. The SMILES string of the molecule is CC(C)(C)OC(=O)N1CCCCC12CCNC2=O. The van der Waals surface area contributed by atoms with E-state index in [0.717, 1.165) is 19.3 Å². The van der Waals surface area contributed by atoms with Crippen molar-refractivity contribution < 1.29 is 14.3 Å². The molecule has 2 aliphatic rings. The van der Waals surface area contributed by atoms with Crippen molar-refractivity contribution in [3.8, 4) is 0 Å². The van der Waals surface area contributed by atoms with E-state index in [1.165, 1.54) is 0 Å². The summed E-state index contributed by atoms with van der Waals surface area (Å²) in [5, 5.41) is 2.84. The molecule has 0 aromatic carbocycles. The highest BCUT2D eigenvalue weighted by Gasteiger charge is 2.51. The van der Waals surface area contributed by atoms with Crippen molar-refractivity contribution in [1.29, 1.82) is 0 Å². The standard InChI is InChI=1S/C13H22N2O3/c1-12(2,3)18-11(17)15-9-5-4-6-13(15)7-8-14-10(13)16/h4-9H2,1-3H3,(H,14,16). The minimum absolute atomic E-state index is 0.0203. The lowest BCUT2D eigenvalue weighted by Gasteiger charge is -2.42. The summed E-state index contributed by atoms with van der Waals surface area (Å²) < 4.78 is 5.42. The zero-order chi connectivity index (χ0) is 13.4. The number of amides is 2. The molecule has 102 valence electrons. The van der Waals surface area contributed by atoms with Crippen LogP contribution >= 0.6 is 0 Å². The van der Waals surface area contributed by atoms with Crippen LogP contribution in [0.25, 0.3) is 0 Å². The van der Waals surface area contributed by atoms with Crippen molar-refractivity contribution in [1.82, 2.24) is 10.2 Å². The average molecular weight is 254 g/mol. The van der Waals surface area contributed by atoms with Gasteiger partial charge in [0.1, 0.15) is 11.1 Å². The van der Waals surface area contributed by atoms with E-state index in [0.29, 0.717) is 19.5 Å². The Labute approximate surface area is 108 Å². The first kappa shape index (κ1) is 13.2. The molecule has 0 saturated carbocycles. The predicted octanol–water partition coefficient (Wildman–Crippen LogP) is 1.67. The van der Waals surface area contributed by atoms with Crippen molar-refractivity contribution in [3.63, 3.8) is 0 Å². The van der Waals surface area contributed by atoms with Crippen molar-refractivity contribution in [2.75, 3.05) is 13.1 Å². The largest absolute Gasteiger partial charge is 0.444 e. The minimum Gasteiger partial charge on any atom is -0.444 e. The summed E-state index contributed by atoms with van der Waals surface area (Å²) in [6, 6.07) is 0. The molecular formula is C13H22N2O3. The lowest BCUT2D eigenvalue weighted by molar-refractivity contribution is -0.131. The fourth-order valence-electron chi connectivity index (χ4n) is 2.78. The molecule has 0 radical (unpaired) electrons. The van der Waals surface area contributed by atoms with Gasteiger partial charge in [-0.2, -0.15) is 0 Å². The number of hydrogen-bond donors (Lipinski definition) is 1. The first-order valence-corrected chi connectivity index (χ1v) is 6.64. The second-order valence-corrected chi connectivity index (χ2v) is 6.13. The highest BCUT2D eigenvalue weighted by atomic mass is 16.6. The molecule has 0 aromatic heterocycles. The summed E-state index contributed by atoms with van der Waals surface area (Å²) >= 11 is 0. The smallest absolute Gasteiger partial charge is 0.411 e. The molecule has 0 aliphatic carbocycles. The molecule has 5 nitrogen and oxygen atoms in total. The Morgan fingerprint density at radius 3 is 2.61 bits per heavy atom. The molecule has 18 heavy (non-hydrogen) atoms. The molecule has 2 amide bonds. The summed E-state index contributed by atoms with van der Waals surface area (Å²) in [6.07, 6.45) is 3.02. The van der Waals surface area contributed by atoms with Crippen LogP contribution in [0.5, 0.6) is 0 Å². The maximum Gasteiger partial charge on any atom is 0.411 e. The molecule has 0 bridgehead atoms. The molecule has 1 unspecified atom stereocenters. The molecule has 2 aliphatic heterocycles. The highest BCUT2D eigenvalue weighted by Crippen LogP contribution is 2.35. The molecule has 5 heteroatoms. The maximum atomic E-state index is 12.2. The zero-order valence-electron chi connectivity index (χ0n) is 11.4. The van der Waals surface area contributed by atoms with Gasteiger partial charge < -0.3 is 10.1 Å². The molecule has 1 atom stereocenters. The van der Waals surface area contributed by atoms with Crippen LogP contribution in [-0.4, -0.2) is 41.1 Å². The number of piperidine rings is 1. The summed E-state index contributed by atoms with van der Waals surface area (Å²) in [7, 11) is 0. The van der Waals surface area contributed by atoms with Crippen LogP contribution in [0.4, 0.5) is 4.79 Å². The number of rotatable bonds is 0. The Hall–Kier alpha value is -1.26. The third kappa shape index (κ3) is 2.31. The van der Waals surface area contributed by atoms with Crippen LogP contribution in [0, 0.1) is 0 Å². The van der Waals surface area contributed by atoms with E-state index in [-0.39, 0.29) is 12.0 Å². The van der Waals surface area contributed by atoms with E-state index in [1.807, 2.05) is 20.8 Å². The van der Waals surface area contributed by atoms with E-state index in [1.54, 1.807) is 4.90 Å². The number of carbonyl (C=O) groups excluding carboxylic acids is 2. The summed E-state index contributed by atoms with van der Waals surface area (Å²) in [6.45, 7) is 6.79. The number of likely N-dealkylation sites (tertiary alicyclic amines) is 1. The van der Waals surface area contributed by atoms with E-state index in [4.69, 9.17) is 4.74 Å². The van der Waals surface area contributed by atoms with Crippen LogP contribution < -0.4 is 5.32 Å². The van der Waals surface area contributed by atoms with Gasteiger partial charge in [0.2, 0.25) is 5.91 Å². The average Bonchev–Trinajstić information content (AvgIpc) is 2.59. The van der Waals surface area contributed by atoms with E-state index >= 15 is 0 Å². The molecule has 2 heterocycles. The molecule has 1 spiro atoms. The molecule has 2 rings (SSSR count). The predicted molar refractivity (Wildman–Crippen MR) is 67.1 cm³/mol. The summed E-state index contributed by atoms with van der Waals surface area (Å²) in [5.74, 6) is -0.0203. The number of nitrogens with zero attached hydrogens (tertiary/aromatic N) is 1. The van der Waals surface area contributed by atoms with E-state index in [9.17, 15) is 9.59 Å². The van der Waals surface area contributed by atoms with Gasteiger partial charge >= 0.3 is 6.09 Å². The number of nitrogens with one attached hydrogen (secondary N) is 1. The number of ether oxygens (including phenoxy) is 1. The number of hydrogen-bond acceptors (Lipinski definition) is 3. The van der Waals surface area contributed by atoms with E-state index in [2.05, 4.69) is 5.32 Å². The zero-order valence-corrected chi connectivity index (χ0v) is 11.4.